The van der Waals surface area contributed by atoms with Gasteiger partial charge < -0.3 is 19.9 Å². The summed E-state index contributed by atoms with van der Waals surface area (Å²) in [5.74, 6) is 1.85. The molecule has 1 aliphatic rings. The van der Waals surface area contributed by atoms with Crippen LogP contribution in [-0.2, 0) is 0 Å². The van der Waals surface area contributed by atoms with E-state index in [4.69, 9.17) is 4.74 Å². The molecule has 2 N–H and O–H groups in total. The average Bonchev–Trinajstić information content (AvgIpc) is 3.24. The normalized spacial score (nSPS) is 19.8. The maximum absolute atomic E-state index is 6.12. The Kier molecular flexibility index (Phi) is 5.53. The first-order valence-electron chi connectivity index (χ1n) is 11.2. The number of nitrogens with zero attached hydrogens (tertiary/aromatic N) is 3. The van der Waals surface area contributed by atoms with Crippen LogP contribution in [0.25, 0.3) is 22.3 Å². The van der Waals surface area contributed by atoms with Crippen molar-refractivity contribution in [2.45, 2.75) is 39.0 Å². The quantitative estimate of drug-likeness (QED) is 0.472. The average molecular weight is 428 g/mol. The molecule has 6 nitrogen and oxygen atoms in total. The second-order valence-corrected chi connectivity index (χ2v) is 8.71. The van der Waals surface area contributed by atoms with Gasteiger partial charge in [0.05, 0.1) is 5.39 Å². The lowest BCUT2D eigenvalue weighted by molar-refractivity contribution is 0.227. The molecule has 2 aromatic carbocycles. The van der Waals surface area contributed by atoms with Crippen LogP contribution in [0.1, 0.15) is 32.4 Å². The number of fused-ring (bicyclic) bond motifs is 1. The number of ether oxygens (including phenoxy) is 1. The van der Waals surface area contributed by atoms with E-state index >= 15 is 0 Å². The van der Waals surface area contributed by atoms with Crippen LogP contribution in [0, 0.1) is 0 Å². The van der Waals surface area contributed by atoms with Crippen LogP contribution >= 0.6 is 0 Å². The number of nitrogens with one attached hydrogen (secondary N) is 2. The van der Waals surface area contributed by atoms with Gasteiger partial charge in [-0.2, -0.15) is 0 Å². The first-order valence-corrected chi connectivity index (χ1v) is 11.2. The number of anilines is 1. The Morgan fingerprint density at radius 1 is 0.969 bits per heavy atom. The Hall–Kier alpha value is -3.38. The van der Waals surface area contributed by atoms with Crippen LogP contribution < -0.4 is 15.0 Å². The van der Waals surface area contributed by atoms with Crippen LogP contribution in [0.5, 0.6) is 5.75 Å². The van der Waals surface area contributed by atoms with Gasteiger partial charge in [-0.3, -0.25) is 0 Å². The van der Waals surface area contributed by atoms with E-state index in [0.29, 0.717) is 12.1 Å². The molecule has 6 heteroatoms. The molecule has 3 heterocycles. The van der Waals surface area contributed by atoms with Crippen molar-refractivity contribution in [1.29, 1.82) is 0 Å². The molecule has 4 aromatic rings. The highest BCUT2D eigenvalue weighted by atomic mass is 16.5. The van der Waals surface area contributed by atoms with Crippen molar-refractivity contribution in [3.63, 3.8) is 0 Å². The van der Waals surface area contributed by atoms with E-state index in [0.717, 1.165) is 52.5 Å². The lowest BCUT2D eigenvalue weighted by Gasteiger charge is -2.37. The Labute approximate surface area is 188 Å². The van der Waals surface area contributed by atoms with Gasteiger partial charge in [0.15, 0.2) is 0 Å². The van der Waals surface area contributed by atoms with Crippen LogP contribution in [0.15, 0.2) is 67.0 Å². The molecule has 2 aromatic heterocycles. The van der Waals surface area contributed by atoms with Crippen molar-refractivity contribution in [3.8, 4) is 17.0 Å². The molecule has 1 saturated heterocycles. The monoisotopic (exact) mass is 427 g/mol. The van der Waals surface area contributed by atoms with Crippen LogP contribution in [0.3, 0.4) is 0 Å². The van der Waals surface area contributed by atoms with Gasteiger partial charge in [0.1, 0.15) is 29.6 Å². The van der Waals surface area contributed by atoms with Gasteiger partial charge >= 0.3 is 0 Å². The van der Waals surface area contributed by atoms with Crippen molar-refractivity contribution in [2.75, 3.05) is 18.0 Å². The van der Waals surface area contributed by atoms with Crippen molar-refractivity contribution in [2.24, 2.45) is 0 Å². The molecule has 3 atom stereocenters. The molecule has 0 bridgehead atoms. The fourth-order valence-corrected chi connectivity index (χ4v) is 4.54. The summed E-state index contributed by atoms with van der Waals surface area (Å²) in [6.07, 6.45) is 1.65. The summed E-state index contributed by atoms with van der Waals surface area (Å²) in [6.45, 7) is 8.36. The summed E-state index contributed by atoms with van der Waals surface area (Å²) < 4.78 is 6.12. The Bertz CT molecular complexity index is 1180. The summed E-state index contributed by atoms with van der Waals surface area (Å²) in [6, 6.07) is 21.5. The van der Waals surface area contributed by atoms with E-state index in [2.05, 4.69) is 76.3 Å². The summed E-state index contributed by atoms with van der Waals surface area (Å²) in [4.78, 5) is 14.9. The van der Waals surface area contributed by atoms with E-state index in [1.165, 1.54) is 0 Å². The number of H-pyrrole nitrogens is 1. The minimum Gasteiger partial charge on any atom is -0.486 e. The molecule has 1 fully saturated rings. The van der Waals surface area contributed by atoms with Crippen LogP contribution in [0.4, 0.5) is 5.82 Å². The molecule has 32 heavy (non-hydrogen) atoms. The first-order chi connectivity index (χ1) is 15.6. The zero-order valence-corrected chi connectivity index (χ0v) is 18.7. The fraction of sp³-hybridized carbons (Fsp3) is 0.308. The first kappa shape index (κ1) is 20.5. The summed E-state index contributed by atoms with van der Waals surface area (Å²) >= 11 is 0. The topological polar surface area (TPSA) is 66.1 Å². The van der Waals surface area contributed by atoms with E-state index in [-0.39, 0.29) is 6.10 Å². The van der Waals surface area contributed by atoms with Gasteiger partial charge in [0.25, 0.3) is 0 Å². The van der Waals surface area contributed by atoms with E-state index < -0.39 is 0 Å². The van der Waals surface area contributed by atoms with Gasteiger partial charge in [-0.25, -0.2) is 9.97 Å². The molecule has 2 unspecified atom stereocenters. The van der Waals surface area contributed by atoms with Crippen molar-refractivity contribution >= 4 is 16.9 Å². The maximum atomic E-state index is 6.12. The zero-order chi connectivity index (χ0) is 22.1. The summed E-state index contributed by atoms with van der Waals surface area (Å²) in [7, 11) is 0. The second kappa shape index (κ2) is 8.63. The Morgan fingerprint density at radius 3 is 2.41 bits per heavy atom. The molecular formula is C26H29N5O. The lowest BCUT2D eigenvalue weighted by atomic mass is 10.1. The van der Waals surface area contributed by atoms with Gasteiger partial charge in [-0.05, 0) is 62.2 Å². The molecule has 0 saturated carbocycles. The molecule has 1 aliphatic heterocycles. The summed E-state index contributed by atoms with van der Waals surface area (Å²) in [5.41, 5.74) is 4.15. The Balaban J connectivity index is 1.38. The van der Waals surface area contributed by atoms with Crippen LogP contribution in [-0.4, -0.2) is 40.1 Å². The largest absolute Gasteiger partial charge is 0.486 e. The number of hydrogen-bond acceptors (Lipinski definition) is 5. The third-order valence-electron chi connectivity index (χ3n) is 6.01. The van der Waals surface area contributed by atoms with Crippen molar-refractivity contribution < 1.29 is 4.74 Å². The van der Waals surface area contributed by atoms with E-state index in [1.54, 1.807) is 6.33 Å². The number of rotatable bonds is 5. The number of aromatic nitrogens is 3. The minimum absolute atomic E-state index is 0.00299. The van der Waals surface area contributed by atoms with Crippen LogP contribution in [0.2, 0.25) is 0 Å². The molecule has 0 amide bonds. The highest BCUT2D eigenvalue weighted by Crippen LogP contribution is 2.31. The molecule has 0 aliphatic carbocycles. The molecule has 164 valence electrons. The predicted octanol–water partition coefficient (Wildman–Crippen LogP) is 4.95. The van der Waals surface area contributed by atoms with Gasteiger partial charge in [0.2, 0.25) is 0 Å². The van der Waals surface area contributed by atoms with Gasteiger partial charge in [-0.15, -0.1) is 0 Å². The highest BCUT2D eigenvalue weighted by molar-refractivity contribution is 5.92. The van der Waals surface area contributed by atoms with Gasteiger partial charge in [0, 0.05) is 30.9 Å². The number of benzene rings is 2. The number of aromatic amines is 1. The smallest absolute Gasteiger partial charge is 0.143 e. The molecule has 0 radical (unpaired) electrons. The summed E-state index contributed by atoms with van der Waals surface area (Å²) in [5, 5.41) is 4.64. The Morgan fingerprint density at radius 2 is 1.69 bits per heavy atom. The predicted molar refractivity (Wildman–Crippen MR) is 129 cm³/mol. The fourth-order valence-electron chi connectivity index (χ4n) is 4.54. The third-order valence-corrected chi connectivity index (χ3v) is 6.01. The van der Waals surface area contributed by atoms with E-state index in [1.807, 2.05) is 30.3 Å². The number of hydrogen-bond donors (Lipinski definition) is 2. The van der Waals surface area contributed by atoms with Crippen molar-refractivity contribution in [3.05, 3.63) is 72.6 Å². The highest BCUT2D eigenvalue weighted by Gasteiger charge is 2.24. The minimum atomic E-state index is -0.00299. The molecule has 5 rings (SSSR count). The number of piperazine rings is 1. The third kappa shape index (κ3) is 4.18. The van der Waals surface area contributed by atoms with Crippen molar-refractivity contribution in [1.82, 2.24) is 20.3 Å². The zero-order valence-electron chi connectivity index (χ0n) is 18.7. The van der Waals surface area contributed by atoms with Gasteiger partial charge in [-0.1, -0.05) is 30.3 Å². The molecular weight excluding hydrogens is 398 g/mol. The lowest BCUT2D eigenvalue weighted by Crippen LogP contribution is -2.54. The van der Waals surface area contributed by atoms with E-state index in [9.17, 15) is 0 Å². The second-order valence-electron chi connectivity index (χ2n) is 8.71. The SMILES string of the molecule is CC1CN(c2ncnc3[nH]c(-c4ccc(O[C@@H](C)c5ccccc5)cc4)cc23)CC(C)N1. The standard InChI is InChI=1S/C26H29N5O/c1-17-14-31(15-18(2)29-17)26-23-13-24(30-25(23)27-16-28-26)21-9-11-22(12-10-21)32-19(3)20-7-5-4-6-8-20/h4-13,16-19,29H,14-15H2,1-3H3,(H,27,28,30)/t17?,18?,19-/m0/s1. The maximum Gasteiger partial charge on any atom is 0.143 e. The molecule has 0 spiro atoms.